The van der Waals surface area contributed by atoms with Gasteiger partial charge in [0.15, 0.2) is 11.6 Å². The number of aliphatic hydroxyl groups excluding tert-OH is 1. The number of nitrogens with one attached hydrogen (secondary N) is 1. The lowest BCUT2D eigenvalue weighted by atomic mass is 9.99. The van der Waals surface area contributed by atoms with E-state index in [9.17, 15) is 9.90 Å². The molecule has 8 heteroatoms. The molecule has 0 fully saturated rings. The Kier molecular flexibility index (Phi) is 6.21. The Morgan fingerprint density at radius 2 is 1.71 bits per heavy atom. The Bertz CT molecular complexity index is 1230. The van der Waals surface area contributed by atoms with Crippen LogP contribution in [0.5, 0.6) is 0 Å². The third kappa shape index (κ3) is 4.88. The Balaban J connectivity index is 1.49. The molecular weight excluding hydrogens is 410 g/mol. The number of hydrazone groups is 1. The van der Waals surface area contributed by atoms with Gasteiger partial charge in [0.2, 0.25) is 5.13 Å². The minimum absolute atomic E-state index is 0.287. The highest BCUT2D eigenvalue weighted by Gasteiger charge is 2.21. The zero-order chi connectivity index (χ0) is 21.6. The molecule has 0 saturated carbocycles. The van der Waals surface area contributed by atoms with Crippen molar-refractivity contribution in [3.05, 3.63) is 90.0 Å². The van der Waals surface area contributed by atoms with Crippen molar-refractivity contribution >= 4 is 44.0 Å². The zero-order valence-electron chi connectivity index (χ0n) is 16.6. The summed E-state index contributed by atoms with van der Waals surface area (Å²) in [5.74, 6) is -0.0759. The number of azo groups is 1. The van der Waals surface area contributed by atoms with Crippen LogP contribution in [-0.4, -0.2) is 21.7 Å². The predicted octanol–water partition coefficient (Wildman–Crippen LogP) is 5.74. The molecule has 154 valence electrons. The van der Waals surface area contributed by atoms with Gasteiger partial charge in [0, 0.05) is 5.56 Å². The summed E-state index contributed by atoms with van der Waals surface area (Å²) in [5, 5.41) is 23.5. The van der Waals surface area contributed by atoms with Gasteiger partial charge in [-0.15, -0.1) is 10.2 Å². The quantitative estimate of drug-likeness (QED) is 0.134. The van der Waals surface area contributed by atoms with Gasteiger partial charge in [-0.1, -0.05) is 65.9 Å². The Labute approximate surface area is 182 Å². The summed E-state index contributed by atoms with van der Waals surface area (Å²) >= 11 is 1.49. The molecule has 31 heavy (non-hydrogen) atoms. The lowest BCUT2D eigenvalue weighted by Crippen LogP contribution is -2.12. The molecular formula is C23H19N5O2S. The van der Waals surface area contributed by atoms with Crippen molar-refractivity contribution < 1.29 is 9.90 Å². The molecule has 1 atom stereocenters. The predicted molar refractivity (Wildman–Crippen MR) is 123 cm³/mol. The normalized spacial score (nSPS) is 12.9. The van der Waals surface area contributed by atoms with Crippen molar-refractivity contribution in [3.63, 3.8) is 0 Å². The van der Waals surface area contributed by atoms with Crippen LogP contribution in [0.2, 0.25) is 0 Å². The highest BCUT2D eigenvalue weighted by atomic mass is 32.1. The summed E-state index contributed by atoms with van der Waals surface area (Å²) in [6.45, 7) is 1.69. The lowest BCUT2D eigenvalue weighted by Gasteiger charge is -2.11. The van der Waals surface area contributed by atoms with E-state index in [4.69, 9.17) is 0 Å². The molecule has 1 unspecified atom stereocenters. The van der Waals surface area contributed by atoms with Crippen LogP contribution < -0.4 is 5.43 Å². The van der Waals surface area contributed by atoms with Crippen LogP contribution in [0, 0.1) is 0 Å². The van der Waals surface area contributed by atoms with Crippen molar-refractivity contribution in [2.75, 3.05) is 5.43 Å². The van der Waals surface area contributed by atoms with Crippen LogP contribution in [-0.2, 0) is 0 Å². The summed E-state index contributed by atoms with van der Waals surface area (Å²) in [4.78, 5) is 17.2. The molecule has 4 rings (SSSR count). The summed E-state index contributed by atoms with van der Waals surface area (Å²) in [6, 6.07) is 23.4. The molecule has 0 spiro atoms. The Morgan fingerprint density at radius 3 is 2.52 bits per heavy atom. The first-order valence-corrected chi connectivity index (χ1v) is 10.4. The fourth-order valence-corrected chi connectivity index (χ4v) is 3.71. The third-order valence-corrected chi connectivity index (χ3v) is 5.38. The number of carbonyl (C=O) groups excluding carboxylic acids is 1. The number of aromatic nitrogens is 1. The van der Waals surface area contributed by atoms with Gasteiger partial charge in [-0.25, -0.2) is 4.98 Å². The number of carbonyl (C=O) groups is 1. The zero-order valence-corrected chi connectivity index (χ0v) is 17.5. The average Bonchev–Trinajstić information content (AvgIpc) is 3.24. The van der Waals surface area contributed by atoms with E-state index in [0.717, 1.165) is 10.2 Å². The number of para-hydroxylation sites is 1. The largest absolute Gasteiger partial charge is 0.380 e. The van der Waals surface area contributed by atoms with Gasteiger partial charge in [0.05, 0.1) is 15.9 Å². The van der Waals surface area contributed by atoms with E-state index in [1.54, 1.807) is 55.5 Å². The Hall–Kier alpha value is -3.75. The second kappa shape index (κ2) is 9.38. The molecule has 3 aromatic carbocycles. The topological polar surface area (TPSA) is 99.3 Å². The SMILES string of the molecule is CC(N=Nc1ccccc1C(=O)C(O)c1ccccc1)=NNc1nc2ccccc2s1. The number of hydrogen-bond donors (Lipinski definition) is 2. The Morgan fingerprint density at radius 1 is 1.00 bits per heavy atom. The monoisotopic (exact) mass is 429 g/mol. The number of thiazole rings is 1. The van der Waals surface area contributed by atoms with Crippen molar-refractivity contribution in [2.45, 2.75) is 13.0 Å². The number of rotatable bonds is 6. The van der Waals surface area contributed by atoms with E-state index < -0.39 is 11.9 Å². The highest BCUT2D eigenvalue weighted by molar-refractivity contribution is 7.22. The number of hydrogen-bond acceptors (Lipinski definition) is 7. The average molecular weight is 430 g/mol. The van der Waals surface area contributed by atoms with Gasteiger partial charge >= 0.3 is 0 Å². The van der Waals surface area contributed by atoms with Crippen molar-refractivity contribution in [1.29, 1.82) is 0 Å². The van der Waals surface area contributed by atoms with Crippen LogP contribution in [0.3, 0.4) is 0 Å². The van der Waals surface area contributed by atoms with Gasteiger partial charge in [-0.3, -0.25) is 10.2 Å². The summed E-state index contributed by atoms with van der Waals surface area (Å²) in [5.41, 5.74) is 4.95. The molecule has 1 heterocycles. The van der Waals surface area contributed by atoms with Gasteiger partial charge in [-0.05, 0) is 36.8 Å². The number of aliphatic hydroxyl groups is 1. The molecule has 0 radical (unpaired) electrons. The first-order chi connectivity index (χ1) is 15.1. The molecule has 0 aliphatic rings. The maximum atomic E-state index is 12.8. The molecule has 0 saturated heterocycles. The molecule has 7 nitrogen and oxygen atoms in total. The van der Waals surface area contributed by atoms with E-state index in [1.807, 2.05) is 30.3 Å². The maximum Gasteiger partial charge on any atom is 0.204 e. The van der Waals surface area contributed by atoms with Gasteiger partial charge in [0.25, 0.3) is 0 Å². The van der Waals surface area contributed by atoms with Crippen LogP contribution in [0.1, 0.15) is 28.9 Å². The second-order valence-electron chi connectivity index (χ2n) is 6.65. The fraction of sp³-hybridized carbons (Fsp3) is 0.0870. The number of amidine groups is 1. The number of fused-ring (bicyclic) bond motifs is 1. The van der Waals surface area contributed by atoms with E-state index >= 15 is 0 Å². The number of benzene rings is 3. The fourth-order valence-electron chi connectivity index (χ4n) is 2.90. The minimum atomic E-state index is -1.27. The smallest absolute Gasteiger partial charge is 0.204 e. The molecule has 0 aliphatic heterocycles. The highest BCUT2D eigenvalue weighted by Crippen LogP contribution is 2.27. The maximum absolute atomic E-state index is 12.8. The molecule has 2 N–H and O–H groups in total. The molecule has 4 aromatic rings. The van der Waals surface area contributed by atoms with E-state index in [-0.39, 0.29) is 5.56 Å². The lowest BCUT2D eigenvalue weighted by molar-refractivity contribution is 0.0748. The third-order valence-electron chi connectivity index (χ3n) is 4.44. The molecule has 0 aliphatic carbocycles. The summed E-state index contributed by atoms with van der Waals surface area (Å²) in [7, 11) is 0. The molecule has 0 bridgehead atoms. The minimum Gasteiger partial charge on any atom is -0.380 e. The van der Waals surface area contributed by atoms with Gasteiger partial charge < -0.3 is 5.11 Å². The number of anilines is 1. The first kappa shape index (κ1) is 20.5. The molecule has 1 aromatic heterocycles. The van der Waals surface area contributed by atoms with Crippen LogP contribution >= 0.6 is 11.3 Å². The van der Waals surface area contributed by atoms with Crippen LogP contribution in [0.15, 0.2) is 94.2 Å². The van der Waals surface area contributed by atoms with Crippen molar-refractivity contribution in [3.8, 4) is 0 Å². The van der Waals surface area contributed by atoms with Crippen LogP contribution in [0.25, 0.3) is 10.2 Å². The van der Waals surface area contributed by atoms with Crippen molar-refractivity contribution in [2.24, 2.45) is 15.3 Å². The summed E-state index contributed by atoms with van der Waals surface area (Å²) in [6.07, 6.45) is -1.27. The number of ketones is 1. The van der Waals surface area contributed by atoms with E-state index in [2.05, 4.69) is 25.7 Å². The van der Waals surface area contributed by atoms with Gasteiger partial charge in [0.1, 0.15) is 6.10 Å². The van der Waals surface area contributed by atoms with E-state index in [0.29, 0.717) is 22.2 Å². The summed E-state index contributed by atoms with van der Waals surface area (Å²) < 4.78 is 1.06. The van der Waals surface area contributed by atoms with Crippen LogP contribution in [0.4, 0.5) is 10.8 Å². The second-order valence-corrected chi connectivity index (χ2v) is 7.68. The standard InChI is InChI=1S/C23H19N5O2S/c1-15(26-28-23-24-19-13-7-8-14-20(19)31-23)25-27-18-12-6-5-11-17(18)22(30)21(29)16-9-3-2-4-10-16/h2-14,21,29H,1H3,(H,24,28). The molecule has 0 amide bonds. The number of nitrogens with zero attached hydrogens (tertiary/aromatic N) is 4. The van der Waals surface area contributed by atoms with Crippen molar-refractivity contribution in [1.82, 2.24) is 4.98 Å². The van der Waals surface area contributed by atoms with E-state index in [1.165, 1.54) is 11.3 Å². The first-order valence-electron chi connectivity index (χ1n) is 9.55. The van der Waals surface area contributed by atoms with Gasteiger partial charge in [-0.2, -0.15) is 5.10 Å². The number of Topliss-reactive ketones (excluding diaryl/α,β-unsaturated/α-hetero) is 1.